The summed E-state index contributed by atoms with van der Waals surface area (Å²) in [4.78, 5) is 12.1. The van der Waals surface area contributed by atoms with Gasteiger partial charge in [-0.15, -0.1) is 0 Å². The van der Waals surface area contributed by atoms with Gasteiger partial charge < -0.3 is 14.8 Å². The van der Waals surface area contributed by atoms with Crippen molar-refractivity contribution in [3.8, 4) is 17.6 Å². The Morgan fingerprint density at radius 3 is 2.74 bits per heavy atom. The molecule has 0 spiro atoms. The van der Waals surface area contributed by atoms with Gasteiger partial charge in [-0.2, -0.15) is 5.26 Å². The molecule has 5 heteroatoms. The molecule has 114 valence electrons. The van der Waals surface area contributed by atoms with Gasteiger partial charge in [0.15, 0.2) is 11.5 Å². The first-order valence-corrected chi connectivity index (χ1v) is 7.10. The summed E-state index contributed by atoms with van der Waals surface area (Å²) in [6.45, 7) is 0.561. The Morgan fingerprint density at radius 2 is 1.96 bits per heavy atom. The number of amides is 1. The lowest BCUT2D eigenvalue weighted by Gasteiger charge is -2.04. The summed E-state index contributed by atoms with van der Waals surface area (Å²) in [7, 11) is 0. The third-order valence-corrected chi connectivity index (χ3v) is 3.37. The normalized spacial score (nSPS) is 12.6. The molecule has 0 unspecified atom stereocenters. The molecule has 1 aliphatic rings. The molecule has 0 fully saturated rings. The van der Waals surface area contributed by atoms with Crippen LogP contribution in [0.4, 0.5) is 0 Å². The third-order valence-electron chi connectivity index (χ3n) is 3.37. The molecule has 2 aromatic rings. The van der Waals surface area contributed by atoms with E-state index in [0.717, 1.165) is 5.56 Å². The highest BCUT2D eigenvalue weighted by Gasteiger charge is 2.14. The Morgan fingerprint density at radius 1 is 1.17 bits per heavy atom. The number of nitrogens with one attached hydrogen (secondary N) is 1. The average molecular weight is 306 g/mol. The van der Waals surface area contributed by atoms with Gasteiger partial charge in [-0.3, -0.25) is 4.79 Å². The molecular formula is C18H14N2O3. The summed E-state index contributed by atoms with van der Waals surface area (Å²) in [6.07, 6.45) is 1.53. The van der Waals surface area contributed by atoms with Crippen molar-refractivity contribution < 1.29 is 14.3 Å². The van der Waals surface area contributed by atoms with Crippen molar-refractivity contribution in [3.63, 3.8) is 0 Å². The summed E-state index contributed by atoms with van der Waals surface area (Å²) < 4.78 is 10.5. The van der Waals surface area contributed by atoms with Gasteiger partial charge in [0.1, 0.15) is 11.6 Å². The summed E-state index contributed by atoms with van der Waals surface area (Å²) in [5, 5.41) is 12.0. The minimum atomic E-state index is -0.408. The quantitative estimate of drug-likeness (QED) is 0.696. The molecule has 0 aromatic heterocycles. The fourth-order valence-electron chi connectivity index (χ4n) is 2.19. The van der Waals surface area contributed by atoms with E-state index in [-0.39, 0.29) is 12.4 Å². The largest absolute Gasteiger partial charge is 0.454 e. The fraction of sp³-hybridized carbons (Fsp3) is 0.111. The molecule has 0 aliphatic carbocycles. The van der Waals surface area contributed by atoms with E-state index in [4.69, 9.17) is 9.47 Å². The fourth-order valence-corrected chi connectivity index (χ4v) is 2.19. The summed E-state index contributed by atoms with van der Waals surface area (Å²) in [6, 6.07) is 16.7. The highest BCUT2D eigenvalue weighted by Crippen LogP contribution is 2.33. The Bertz CT molecular complexity index is 792. The molecule has 0 radical (unpaired) electrons. The van der Waals surface area contributed by atoms with Gasteiger partial charge in [-0.1, -0.05) is 36.4 Å². The van der Waals surface area contributed by atoms with Crippen LogP contribution in [0.15, 0.2) is 54.1 Å². The Balaban J connectivity index is 1.71. The van der Waals surface area contributed by atoms with Crippen LogP contribution in [0.2, 0.25) is 0 Å². The van der Waals surface area contributed by atoms with Crippen molar-refractivity contribution in [2.75, 3.05) is 6.79 Å². The molecule has 1 heterocycles. The topological polar surface area (TPSA) is 71.3 Å². The predicted molar refractivity (Wildman–Crippen MR) is 84.4 cm³/mol. The number of carbonyl (C=O) groups is 1. The zero-order chi connectivity index (χ0) is 16.1. The van der Waals surface area contributed by atoms with Crippen molar-refractivity contribution >= 4 is 12.0 Å². The number of hydrogen-bond donors (Lipinski definition) is 1. The second-order valence-corrected chi connectivity index (χ2v) is 4.95. The maximum atomic E-state index is 12.1. The molecule has 23 heavy (non-hydrogen) atoms. The molecule has 3 rings (SSSR count). The standard InChI is InChI=1S/C18H14N2O3/c19-10-15(18(21)20-11-13-4-2-1-3-5-13)8-14-6-7-16-17(9-14)23-12-22-16/h1-9H,11-12H2,(H,20,21)/b15-8+. The van der Waals surface area contributed by atoms with Gasteiger partial charge in [-0.25, -0.2) is 0 Å². The van der Waals surface area contributed by atoms with E-state index < -0.39 is 5.91 Å². The number of nitrogens with zero attached hydrogens (tertiary/aromatic N) is 1. The summed E-state index contributed by atoms with van der Waals surface area (Å²) >= 11 is 0. The van der Waals surface area contributed by atoms with Crippen LogP contribution in [0, 0.1) is 11.3 Å². The van der Waals surface area contributed by atoms with Crippen LogP contribution >= 0.6 is 0 Å². The van der Waals surface area contributed by atoms with Gasteiger partial charge in [-0.05, 0) is 29.3 Å². The van der Waals surface area contributed by atoms with E-state index in [1.54, 1.807) is 18.2 Å². The van der Waals surface area contributed by atoms with E-state index in [2.05, 4.69) is 5.32 Å². The summed E-state index contributed by atoms with van der Waals surface area (Å²) in [5.74, 6) is 0.865. The maximum absolute atomic E-state index is 12.1. The number of benzene rings is 2. The van der Waals surface area contributed by atoms with Crippen LogP contribution in [0.3, 0.4) is 0 Å². The molecule has 5 nitrogen and oxygen atoms in total. The first kappa shape index (κ1) is 14.7. The third kappa shape index (κ3) is 3.50. The Labute approximate surface area is 133 Å². The highest BCUT2D eigenvalue weighted by atomic mass is 16.7. The van der Waals surface area contributed by atoms with Gasteiger partial charge in [0.25, 0.3) is 5.91 Å². The minimum Gasteiger partial charge on any atom is -0.454 e. The van der Waals surface area contributed by atoms with Crippen LogP contribution in [0.1, 0.15) is 11.1 Å². The van der Waals surface area contributed by atoms with Crippen molar-refractivity contribution in [1.29, 1.82) is 5.26 Å². The molecule has 1 N–H and O–H groups in total. The van der Waals surface area contributed by atoms with Crippen LogP contribution in [-0.2, 0) is 11.3 Å². The highest BCUT2D eigenvalue weighted by molar-refractivity contribution is 6.01. The molecule has 0 atom stereocenters. The van der Waals surface area contributed by atoms with Gasteiger partial charge >= 0.3 is 0 Å². The predicted octanol–water partition coefficient (Wildman–Crippen LogP) is 2.64. The van der Waals surface area contributed by atoms with Crippen LogP contribution in [0.5, 0.6) is 11.5 Å². The van der Waals surface area contributed by atoms with E-state index in [9.17, 15) is 10.1 Å². The molecule has 2 aromatic carbocycles. The van der Waals surface area contributed by atoms with Crippen molar-refractivity contribution in [3.05, 3.63) is 65.2 Å². The van der Waals surface area contributed by atoms with Crippen molar-refractivity contribution in [2.45, 2.75) is 6.54 Å². The molecule has 1 amide bonds. The van der Waals surface area contributed by atoms with E-state index in [1.165, 1.54) is 6.08 Å². The van der Waals surface area contributed by atoms with E-state index in [1.807, 2.05) is 36.4 Å². The zero-order valence-electron chi connectivity index (χ0n) is 12.3. The van der Waals surface area contributed by atoms with E-state index >= 15 is 0 Å². The lowest BCUT2D eigenvalue weighted by molar-refractivity contribution is -0.117. The first-order chi connectivity index (χ1) is 11.3. The number of fused-ring (bicyclic) bond motifs is 1. The van der Waals surface area contributed by atoms with Gasteiger partial charge in [0.05, 0.1) is 0 Å². The number of nitriles is 1. The summed E-state index contributed by atoms with van der Waals surface area (Å²) in [5.41, 5.74) is 1.72. The van der Waals surface area contributed by atoms with Gasteiger partial charge in [0, 0.05) is 6.54 Å². The minimum absolute atomic E-state index is 0.0415. The van der Waals surface area contributed by atoms with E-state index in [0.29, 0.717) is 23.6 Å². The van der Waals surface area contributed by atoms with Crippen LogP contribution in [-0.4, -0.2) is 12.7 Å². The van der Waals surface area contributed by atoms with Crippen molar-refractivity contribution in [2.24, 2.45) is 0 Å². The van der Waals surface area contributed by atoms with Gasteiger partial charge in [0.2, 0.25) is 6.79 Å². The Kier molecular flexibility index (Phi) is 4.25. The van der Waals surface area contributed by atoms with Crippen LogP contribution < -0.4 is 14.8 Å². The molecule has 0 saturated heterocycles. The second kappa shape index (κ2) is 6.67. The lowest BCUT2D eigenvalue weighted by atomic mass is 10.1. The molecule has 1 aliphatic heterocycles. The average Bonchev–Trinajstić information content (AvgIpc) is 3.06. The Hall–Kier alpha value is -3.26. The number of hydrogen-bond acceptors (Lipinski definition) is 4. The number of carbonyl (C=O) groups excluding carboxylic acids is 1. The SMILES string of the molecule is N#C/C(=C\c1ccc2c(c1)OCO2)C(=O)NCc1ccccc1. The van der Waals surface area contributed by atoms with Crippen LogP contribution in [0.25, 0.3) is 6.08 Å². The van der Waals surface area contributed by atoms with Crippen molar-refractivity contribution in [1.82, 2.24) is 5.32 Å². The maximum Gasteiger partial charge on any atom is 0.262 e. The second-order valence-electron chi connectivity index (χ2n) is 4.95. The lowest BCUT2D eigenvalue weighted by Crippen LogP contribution is -2.23. The molecular weight excluding hydrogens is 292 g/mol. The molecule has 0 bridgehead atoms. The zero-order valence-corrected chi connectivity index (χ0v) is 12.3. The monoisotopic (exact) mass is 306 g/mol. The number of rotatable bonds is 4. The number of ether oxygens (including phenoxy) is 2. The smallest absolute Gasteiger partial charge is 0.262 e. The first-order valence-electron chi connectivity index (χ1n) is 7.10. The molecule has 0 saturated carbocycles.